The minimum atomic E-state index is -4.79. The van der Waals surface area contributed by atoms with Gasteiger partial charge >= 0.3 is 12.4 Å². The number of benzene rings is 1. The fourth-order valence-corrected chi connectivity index (χ4v) is 2.94. The summed E-state index contributed by atoms with van der Waals surface area (Å²) in [5.41, 5.74) is 1.18. The third-order valence-corrected chi connectivity index (χ3v) is 4.23. The number of aromatic nitrogens is 4. The van der Waals surface area contributed by atoms with Crippen LogP contribution in [0.4, 0.5) is 23.8 Å². The lowest BCUT2D eigenvalue weighted by Gasteiger charge is -2.14. The van der Waals surface area contributed by atoms with Crippen molar-refractivity contribution in [2.45, 2.75) is 6.36 Å². The highest BCUT2D eigenvalue weighted by atomic mass is 19.4. The van der Waals surface area contributed by atoms with Crippen LogP contribution < -0.4 is 15.4 Å². The van der Waals surface area contributed by atoms with E-state index in [0.717, 1.165) is 0 Å². The zero-order valence-electron chi connectivity index (χ0n) is 15.0. The number of halogens is 3. The zero-order chi connectivity index (χ0) is 20.4. The molecule has 1 aliphatic rings. The van der Waals surface area contributed by atoms with Crippen LogP contribution in [0.3, 0.4) is 0 Å². The molecule has 152 valence electrons. The number of hydrogen-bond acceptors (Lipinski definition) is 6. The quantitative estimate of drug-likeness (QED) is 0.650. The van der Waals surface area contributed by atoms with Crippen molar-refractivity contribution in [3.05, 3.63) is 36.4 Å². The van der Waals surface area contributed by atoms with Gasteiger partial charge in [-0.15, -0.1) is 18.3 Å². The number of rotatable bonds is 6. The maximum Gasteiger partial charge on any atom is 0.573 e. The number of hydrogen-bond donors (Lipinski definition) is 2. The number of fused-ring (bicyclic) bond motifs is 1. The van der Waals surface area contributed by atoms with Gasteiger partial charge in [-0.25, -0.2) is 9.78 Å². The molecule has 0 saturated carbocycles. The van der Waals surface area contributed by atoms with E-state index in [2.05, 4.69) is 30.7 Å². The van der Waals surface area contributed by atoms with E-state index in [1.165, 1.54) is 22.9 Å². The zero-order valence-corrected chi connectivity index (χ0v) is 15.0. The van der Waals surface area contributed by atoms with E-state index in [-0.39, 0.29) is 11.8 Å². The number of alkyl halides is 3. The van der Waals surface area contributed by atoms with Crippen LogP contribution in [-0.2, 0) is 0 Å². The number of ether oxygens (including phenoxy) is 1. The van der Waals surface area contributed by atoms with Gasteiger partial charge in [0.25, 0.3) is 0 Å². The maximum atomic E-state index is 12.5. The van der Waals surface area contributed by atoms with Gasteiger partial charge in [0.15, 0.2) is 5.65 Å². The van der Waals surface area contributed by atoms with Gasteiger partial charge in [0.2, 0.25) is 0 Å². The Labute approximate surface area is 162 Å². The molecular formula is C17H16F3N7O2. The van der Waals surface area contributed by atoms with Crippen LogP contribution >= 0.6 is 0 Å². The molecule has 1 aromatic carbocycles. The van der Waals surface area contributed by atoms with Crippen LogP contribution in [0.1, 0.15) is 0 Å². The maximum absolute atomic E-state index is 12.5. The third-order valence-electron chi connectivity index (χ3n) is 4.23. The molecule has 3 aromatic rings. The monoisotopic (exact) mass is 407 g/mol. The Morgan fingerprint density at radius 2 is 2.10 bits per heavy atom. The highest BCUT2D eigenvalue weighted by Crippen LogP contribution is 2.25. The molecular weight excluding hydrogens is 391 g/mol. The summed E-state index contributed by atoms with van der Waals surface area (Å²) in [6.45, 7) is 2.29. The molecule has 0 aliphatic carbocycles. The van der Waals surface area contributed by atoms with Gasteiger partial charge in [-0.05, 0) is 24.3 Å². The molecule has 2 N–H and O–H groups in total. The molecule has 1 saturated heterocycles. The predicted octanol–water partition coefficient (Wildman–Crippen LogP) is 2.15. The molecule has 0 radical (unpaired) electrons. The second kappa shape index (κ2) is 7.45. The molecule has 0 spiro atoms. The number of amides is 2. The van der Waals surface area contributed by atoms with E-state index in [0.29, 0.717) is 48.8 Å². The SMILES string of the molecule is O=C1NCCN1CCNc1ccc2nnn(-c3cccc(OC(F)(F)F)c3)c2n1. The second-order valence-corrected chi connectivity index (χ2v) is 6.23. The molecule has 1 aliphatic heterocycles. The van der Waals surface area contributed by atoms with Crippen molar-refractivity contribution in [3.8, 4) is 11.4 Å². The van der Waals surface area contributed by atoms with E-state index in [9.17, 15) is 18.0 Å². The number of carbonyl (C=O) groups is 1. The van der Waals surface area contributed by atoms with Gasteiger partial charge in [-0.3, -0.25) is 0 Å². The van der Waals surface area contributed by atoms with Crippen molar-refractivity contribution >= 4 is 23.0 Å². The van der Waals surface area contributed by atoms with Crippen molar-refractivity contribution in [2.75, 3.05) is 31.5 Å². The smallest absolute Gasteiger partial charge is 0.406 e. The first-order valence-corrected chi connectivity index (χ1v) is 8.74. The summed E-state index contributed by atoms with van der Waals surface area (Å²) in [6.07, 6.45) is -4.79. The lowest BCUT2D eigenvalue weighted by atomic mass is 10.3. The first kappa shape index (κ1) is 18.8. The fraction of sp³-hybridized carbons (Fsp3) is 0.294. The lowest BCUT2D eigenvalue weighted by molar-refractivity contribution is -0.274. The number of nitrogens with zero attached hydrogens (tertiary/aromatic N) is 5. The Morgan fingerprint density at radius 3 is 2.86 bits per heavy atom. The molecule has 9 nitrogen and oxygen atoms in total. The summed E-state index contributed by atoms with van der Waals surface area (Å²) >= 11 is 0. The van der Waals surface area contributed by atoms with Crippen LogP contribution in [0.2, 0.25) is 0 Å². The van der Waals surface area contributed by atoms with Crippen molar-refractivity contribution in [1.29, 1.82) is 0 Å². The minimum absolute atomic E-state index is 0.0987. The molecule has 0 atom stereocenters. The number of anilines is 1. The summed E-state index contributed by atoms with van der Waals surface area (Å²) in [4.78, 5) is 17.7. The molecule has 3 heterocycles. The Bertz CT molecular complexity index is 1040. The van der Waals surface area contributed by atoms with Gasteiger partial charge in [0, 0.05) is 32.2 Å². The highest BCUT2D eigenvalue weighted by molar-refractivity contribution is 5.76. The largest absolute Gasteiger partial charge is 0.573 e. The van der Waals surface area contributed by atoms with Gasteiger partial charge in [-0.2, -0.15) is 4.68 Å². The van der Waals surface area contributed by atoms with Crippen molar-refractivity contribution in [3.63, 3.8) is 0 Å². The first-order chi connectivity index (χ1) is 13.9. The predicted molar refractivity (Wildman–Crippen MR) is 96.8 cm³/mol. The standard InChI is InChI=1S/C17H16F3N7O2/c18-17(19,20)29-12-3-1-2-11(10-12)27-15-13(24-25-27)4-5-14(23-15)21-6-8-26-9-7-22-16(26)28/h1-5,10H,6-9H2,(H,21,23)(H,22,28). The van der Waals surface area contributed by atoms with Crippen LogP contribution in [0.15, 0.2) is 36.4 Å². The molecule has 1 fully saturated rings. The summed E-state index contributed by atoms with van der Waals surface area (Å²) < 4.78 is 42.7. The molecule has 2 amide bonds. The summed E-state index contributed by atoms with van der Waals surface area (Å²) in [6, 6.07) is 8.72. The molecule has 0 bridgehead atoms. The normalized spacial score (nSPS) is 14.3. The second-order valence-electron chi connectivity index (χ2n) is 6.23. The molecule has 2 aromatic heterocycles. The average molecular weight is 407 g/mol. The van der Waals surface area contributed by atoms with Gasteiger partial charge < -0.3 is 20.3 Å². The number of pyridine rings is 1. The van der Waals surface area contributed by atoms with E-state index >= 15 is 0 Å². The molecule has 4 rings (SSSR count). The van der Waals surface area contributed by atoms with Crippen LogP contribution in [0.25, 0.3) is 16.9 Å². The average Bonchev–Trinajstić information content (AvgIpc) is 3.26. The molecule has 12 heteroatoms. The molecule has 29 heavy (non-hydrogen) atoms. The fourth-order valence-electron chi connectivity index (χ4n) is 2.94. The summed E-state index contributed by atoms with van der Waals surface area (Å²) in [5.74, 6) is 0.167. The summed E-state index contributed by atoms with van der Waals surface area (Å²) in [7, 11) is 0. The van der Waals surface area contributed by atoms with E-state index in [1.54, 1.807) is 23.1 Å². The van der Waals surface area contributed by atoms with Crippen LogP contribution in [0.5, 0.6) is 5.75 Å². The lowest BCUT2D eigenvalue weighted by Crippen LogP contribution is -2.32. The Balaban J connectivity index is 1.53. The van der Waals surface area contributed by atoms with Crippen molar-refractivity contribution in [2.24, 2.45) is 0 Å². The number of nitrogens with one attached hydrogen (secondary N) is 2. The summed E-state index contributed by atoms with van der Waals surface area (Å²) in [5, 5.41) is 13.8. The van der Waals surface area contributed by atoms with Gasteiger partial charge in [-0.1, -0.05) is 11.3 Å². The van der Waals surface area contributed by atoms with Crippen molar-refractivity contribution < 1.29 is 22.7 Å². The number of carbonyl (C=O) groups excluding carboxylic acids is 1. The minimum Gasteiger partial charge on any atom is -0.406 e. The van der Waals surface area contributed by atoms with E-state index in [1.807, 2.05) is 0 Å². The molecule has 0 unspecified atom stereocenters. The Kier molecular flexibility index (Phi) is 4.82. The first-order valence-electron chi connectivity index (χ1n) is 8.74. The number of urea groups is 1. The Hall–Kier alpha value is -3.57. The van der Waals surface area contributed by atoms with E-state index < -0.39 is 6.36 Å². The van der Waals surface area contributed by atoms with Crippen LogP contribution in [-0.4, -0.2) is 63.5 Å². The van der Waals surface area contributed by atoms with Crippen molar-refractivity contribution in [1.82, 2.24) is 30.2 Å². The van der Waals surface area contributed by atoms with E-state index in [4.69, 9.17) is 0 Å². The third kappa shape index (κ3) is 4.31. The van der Waals surface area contributed by atoms with Gasteiger partial charge in [0.1, 0.15) is 17.1 Å². The topological polar surface area (TPSA) is 97.2 Å². The Morgan fingerprint density at radius 1 is 1.24 bits per heavy atom. The highest BCUT2D eigenvalue weighted by Gasteiger charge is 2.31. The van der Waals surface area contributed by atoms with Crippen LogP contribution in [0, 0.1) is 0 Å². The van der Waals surface area contributed by atoms with Gasteiger partial charge in [0.05, 0.1) is 5.69 Å².